The molecule has 0 spiro atoms. The smallest absolute Gasteiger partial charge is 0.112 e. The van der Waals surface area contributed by atoms with Crippen molar-refractivity contribution in [3.8, 4) is 0 Å². The third-order valence-electron chi connectivity index (χ3n) is 8.97. The van der Waals surface area contributed by atoms with Gasteiger partial charge < -0.3 is 4.57 Å². The highest BCUT2D eigenvalue weighted by Gasteiger charge is 2.39. The summed E-state index contributed by atoms with van der Waals surface area (Å²) in [6.07, 6.45) is 21.4. The first-order chi connectivity index (χ1) is 20.2. The van der Waals surface area contributed by atoms with E-state index in [1.807, 2.05) is 6.20 Å². The maximum absolute atomic E-state index is 5.08. The molecule has 0 fully saturated rings. The van der Waals surface area contributed by atoms with Crippen LogP contribution in [-0.4, -0.2) is 9.55 Å². The van der Waals surface area contributed by atoms with Gasteiger partial charge in [-0.1, -0.05) is 175 Å². The van der Waals surface area contributed by atoms with E-state index in [1.54, 1.807) is 0 Å². The lowest BCUT2D eigenvalue weighted by Crippen LogP contribution is -2.35. The van der Waals surface area contributed by atoms with E-state index in [1.165, 1.54) is 93.1 Å². The Balaban J connectivity index is 1.51. The van der Waals surface area contributed by atoms with E-state index < -0.39 is 0 Å². The quantitative estimate of drug-likeness (QED) is 0.107. The molecule has 4 rings (SSSR count). The van der Waals surface area contributed by atoms with Crippen LogP contribution < -0.4 is 0 Å². The summed E-state index contributed by atoms with van der Waals surface area (Å²) in [6.45, 7) is 5.65. The van der Waals surface area contributed by atoms with Crippen molar-refractivity contribution in [1.29, 1.82) is 0 Å². The fraction of sp³-hybridized carbons (Fsp3) is 0.462. The molecule has 41 heavy (non-hydrogen) atoms. The minimum Gasteiger partial charge on any atom is -0.330 e. The van der Waals surface area contributed by atoms with Crippen LogP contribution in [0.4, 0.5) is 0 Å². The van der Waals surface area contributed by atoms with Gasteiger partial charge in [-0.05, 0) is 29.5 Å². The topological polar surface area (TPSA) is 17.8 Å². The van der Waals surface area contributed by atoms with Crippen molar-refractivity contribution in [3.05, 3.63) is 126 Å². The molecule has 2 heteroatoms. The Hall–Kier alpha value is -3.13. The van der Waals surface area contributed by atoms with Gasteiger partial charge in [-0.25, -0.2) is 4.98 Å². The second-order valence-corrected chi connectivity index (χ2v) is 12.2. The van der Waals surface area contributed by atoms with Crippen LogP contribution >= 0.6 is 0 Å². The molecule has 1 heterocycles. The summed E-state index contributed by atoms with van der Waals surface area (Å²) < 4.78 is 2.41. The van der Waals surface area contributed by atoms with Gasteiger partial charge in [-0.2, -0.15) is 0 Å². The molecular weight excluding hydrogens is 496 g/mol. The molecule has 0 aliphatic carbocycles. The third kappa shape index (κ3) is 9.45. The molecule has 0 aliphatic heterocycles. The Kier molecular flexibility index (Phi) is 12.8. The summed E-state index contributed by atoms with van der Waals surface area (Å²) >= 11 is 0. The summed E-state index contributed by atoms with van der Waals surface area (Å²) in [7, 11) is 0. The van der Waals surface area contributed by atoms with Crippen molar-refractivity contribution in [1.82, 2.24) is 9.55 Å². The first kappa shape index (κ1) is 30.8. The van der Waals surface area contributed by atoms with Crippen LogP contribution in [0.1, 0.15) is 119 Å². The lowest BCUT2D eigenvalue weighted by Gasteiger charge is -2.39. The Morgan fingerprint density at radius 2 is 1.15 bits per heavy atom. The van der Waals surface area contributed by atoms with E-state index in [4.69, 9.17) is 4.98 Å². The second kappa shape index (κ2) is 17.0. The van der Waals surface area contributed by atoms with Crippen LogP contribution in [0, 0.1) is 0 Å². The van der Waals surface area contributed by atoms with Crippen LogP contribution in [0.25, 0.3) is 0 Å². The summed E-state index contributed by atoms with van der Waals surface area (Å²) in [5.41, 5.74) is 4.06. The highest BCUT2D eigenvalue weighted by atomic mass is 15.1. The largest absolute Gasteiger partial charge is 0.330 e. The predicted molar refractivity (Wildman–Crippen MR) is 176 cm³/mol. The molecule has 0 saturated carbocycles. The fourth-order valence-corrected chi connectivity index (χ4v) is 6.56. The Morgan fingerprint density at radius 3 is 1.73 bits per heavy atom. The number of rotatable bonds is 19. The standard InChI is InChI=1S/C39H52N2/c1-3-4-5-6-7-8-9-10-11-12-22-29-37(38-40-30-31-41(38)33-35-25-18-14-19-26-35)39(2,36-27-20-15-21-28-36)32-34-23-16-13-17-24-34/h13-21,23-28,30-31,37H,3-12,22,29,32-33H2,1-2H3. The van der Waals surface area contributed by atoms with Crippen molar-refractivity contribution in [2.24, 2.45) is 0 Å². The van der Waals surface area contributed by atoms with Crippen molar-refractivity contribution in [3.63, 3.8) is 0 Å². The van der Waals surface area contributed by atoms with Gasteiger partial charge in [0.15, 0.2) is 0 Å². The van der Waals surface area contributed by atoms with Crippen LogP contribution in [-0.2, 0) is 18.4 Å². The zero-order chi connectivity index (χ0) is 28.6. The van der Waals surface area contributed by atoms with Crippen LogP contribution in [0.3, 0.4) is 0 Å². The Morgan fingerprint density at radius 1 is 0.634 bits per heavy atom. The predicted octanol–water partition coefficient (Wildman–Crippen LogP) is 10.9. The molecule has 0 aliphatic rings. The van der Waals surface area contributed by atoms with Crippen molar-refractivity contribution < 1.29 is 0 Å². The highest BCUT2D eigenvalue weighted by molar-refractivity contribution is 5.33. The summed E-state index contributed by atoms with van der Waals surface area (Å²) in [5, 5.41) is 0. The number of unbranched alkanes of at least 4 members (excludes halogenated alkanes) is 10. The first-order valence-electron chi connectivity index (χ1n) is 16.3. The van der Waals surface area contributed by atoms with Crippen LogP contribution in [0.2, 0.25) is 0 Å². The molecule has 0 saturated heterocycles. The molecule has 3 aromatic carbocycles. The lowest BCUT2D eigenvalue weighted by molar-refractivity contribution is 0.324. The number of nitrogens with zero attached hydrogens (tertiary/aromatic N) is 2. The number of hydrogen-bond donors (Lipinski definition) is 0. The van der Waals surface area contributed by atoms with Gasteiger partial charge in [0.05, 0.1) is 0 Å². The molecule has 0 N–H and O–H groups in total. The van der Waals surface area contributed by atoms with E-state index in [2.05, 4.69) is 116 Å². The maximum atomic E-state index is 5.08. The van der Waals surface area contributed by atoms with E-state index >= 15 is 0 Å². The van der Waals surface area contributed by atoms with E-state index in [-0.39, 0.29) is 5.41 Å². The molecule has 2 unspecified atom stereocenters. The molecule has 218 valence electrons. The summed E-state index contributed by atoms with van der Waals surface area (Å²) in [4.78, 5) is 5.08. The van der Waals surface area contributed by atoms with Crippen molar-refractivity contribution in [2.45, 2.75) is 115 Å². The molecule has 0 bridgehead atoms. The molecule has 0 amide bonds. The van der Waals surface area contributed by atoms with E-state index in [0.717, 1.165) is 19.4 Å². The van der Waals surface area contributed by atoms with Gasteiger partial charge in [-0.3, -0.25) is 0 Å². The number of hydrogen-bond acceptors (Lipinski definition) is 1. The molecule has 2 atom stereocenters. The van der Waals surface area contributed by atoms with E-state index in [0.29, 0.717) is 5.92 Å². The molecule has 2 nitrogen and oxygen atoms in total. The fourth-order valence-electron chi connectivity index (χ4n) is 6.56. The number of imidazole rings is 1. The zero-order valence-corrected chi connectivity index (χ0v) is 25.7. The van der Waals surface area contributed by atoms with Crippen LogP contribution in [0.15, 0.2) is 103 Å². The van der Waals surface area contributed by atoms with Crippen LogP contribution in [0.5, 0.6) is 0 Å². The first-order valence-corrected chi connectivity index (χ1v) is 16.3. The van der Waals surface area contributed by atoms with Crippen molar-refractivity contribution in [2.75, 3.05) is 0 Å². The number of benzene rings is 3. The van der Waals surface area contributed by atoms with E-state index in [9.17, 15) is 0 Å². The highest BCUT2D eigenvalue weighted by Crippen LogP contribution is 2.44. The normalized spacial score (nSPS) is 13.6. The minimum absolute atomic E-state index is 0.0686. The van der Waals surface area contributed by atoms with Gasteiger partial charge in [0.1, 0.15) is 5.82 Å². The molecule has 4 aromatic rings. The van der Waals surface area contributed by atoms with Gasteiger partial charge in [-0.15, -0.1) is 0 Å². The Labute approximate surface area is 250 Å². The average Bonchev–Trinajstić information content (AvgIpc) is 3.46. The van der Waals surface area contributed by atoms with Gasteiger partial charge in [0.25, 0.3) is 0 Å². The Bertz CT molecular complexity index is 1210. The summed E-state index contributed by atoms with van der Waals surface area (Å²) in [6, 6.07) is 33.1. The minimum atomic E-state index is -0.0686. The summed E-state index contributed by atoms with van der Waals surface area (Å²) in [5.74, 6) is 1.55. The second-order valence-electron chi connectivity index (χ2n) is 12.2. The van der Waals surface area contributed by atoms with Crippen molar-refractivity contribution >= 4 is 0 Å². The lowest BCUT2D eigenvalue weighted by atomic mass is 9.66. The molecular formula is C39H52N2. The molecule has 0 radical (unpaired) electrons. The zero-order valence-electron chi connectivity index (χ0n) is 25.7. The number of aromatic nitrogens is 2. The third-order valence-corrected chi connectivity index (χ3v) is 8.97. The van der Waals surface area contributed by atoms with Gasteiger partial charge >= 0.3 is 0 Å². The average molecular weight is 549 g/mol. The van der Waals surface area contributed by atoms with Gasteiger partial charge in [0, 0.05) is 30.3 Å². The van der Waals surface area contributed by atoms with Gasteiger partial charge in [0.2, 0.25) is 0 Å². The molecule has 1 aromatic heterocycles. The SMILES string of the molecule is CCCCCCCCCCCCCC(c1nccn1Cc1ccccc1)C(C)(Cc1ccccc1)c1ccccc1. The maximum Gasteiger partial charge on any atom is 0.112 e. The monoisotopic (exact) mass is 548 g/mol.